The number of hydrogen-bond donors (Lipinski definition) is 1. The van der Waals surface area contributed by atoms with Crippen molar-refractivity contribution in [1.29, 1.82) is 0 Å². The third kappa shape index (κ3) is 3.08. The molecule has 1 saturated heterocycles. The first kappa shape index (κ1) is 12.6. The lowest BCUT2D eigenvalue weighted by molar-refractivity contribution is 0.111. The molecule has 3 unspecified atom stereocenters. The predicted octanol–water partition coefficient (Wildman–Crippen LogP) is 3.08. The Morgan fingerprint density at radius 3 is 2.59 bits per heavy atom. The van der Waals surface area contributed by atoms with Crippen molar-refractivity contribution in [1.82, 2.24) is 5.32 Å². The van der Waals surface area contributed by atoms with E-state index in [0.717, 1.165) is 19.4 Å². The van der Waals surface area contributed by atoms with Crippen molar-refractivity contribution in [2.45, 2.75) is 51.8 Å². The summed E-state index contributed by atoms with van der Waals surface area (Å²) < 4.78 is 5.58. The molecule has 2 rings (SSSR count). The van der Waals surface area contributed by atoms with E-state index in [2.05, 4.69) is 50.4 Å². The van der Waals surface area contributed by atoms with E-state index in [1.165, 1.54) is 11.1 Å². The molecule has 1 aromatic carbocycles. The molecule has 17 heavy (non-hydrogen) atoms. The van der Waals surface area contributed by atoms with Crippen molar-refractivity contribution in [3.8, 4) is 0 Å². The number of benzene rings is 1. The molecule has 94 valence electrons. The quantitative estimate of drug-likeness (QED) is 0.863. The molecule has 0 radical (unpaired) electrons. The normalized spacial score (nSPS) is 26.1. The fraction of sp³-hybridized carbons (Fsp3) is 0.600. The average molecular weight is 233 g/mol. The summed E-state index contributed by atoms with van der Waals surface area (Å²) >= 11 is 0. The molecule has 1 heterocycles. The minimum absolute atomic E-state index is 0.340. The van der Waals surface area contributed by atoms with Crippen LogP contribution in [0.1, 0.15) is 44.4 Å². The van der Waals surface area contributed by atoms with Crippen molar-refractivity contribution in [2.75, 3.05) is 6.61 Å². The third-order valence-corrected chi connectivity index (χ3v) is 3.73. The topological polar surface area (TPSA) is 21.3 Å². The van der Waals surface area contributed by atoms with Gasteiger partial charge < -0.3 is 10.1 Å². The summed E-state index contributed by atoms with van der Waals surface area (Å²) in [5, 5.41) is 3.66. The lowest BCUT2D eigenvalue weighted by Gasteiger charge is -2.22. The summed E-state index contributed by atoms with van der Waals surface area (Å²) in [6, 6.07) is 9.81. The second kappa shape index (κ2) is 5.65. The monoisotopic (exact) mass is 233 g/mol. The highest BCUT2D eigenvalue weighted by Gasteiger charge is 2.25. The first-order valence-corrected chi connectivity index (χ1v) is 6.67. The number of ether oxygens (including phenoxy) is 1. The molecular weight excluding hydrogens is 210 g/mol. The van der Waals surface area contributed by atoms with E-state index in [0.29, 0.717) is 18.2 Å². The Hall–Kier alpha value is -0.860. The summed E-state index contributed by atoms with van der Waals surface area (Å²) in [4.78, 5) is 0. The zero-order chi connectivity index (χ0) is 12.3. The van der Waals surface area contributed by atoms with Gasteiger partial charge in [0.25, 0.3) is 0 Å². The molecule has 1 aliphatic rings. The van der Waals surface area contributed by atoms with Gasteiger partial charge in [0.2, 0.25) is 0 Å². The van der Waals surface area contributed by atoms with Crippen LogP contribution in [-0.2, 0) is 11.2 Å². The van der Waals surface area contributed by atoms with Gasteiger partial charge >= 0.3 is 0 Å². The highest BCUT2D eigenvalue weighted by Crippen LogP contribution is 2.19. The number of nitrogens with one attached hydrogen (secondary N) is 1. The zero-order valence-corrected chi connectivity index (χ0v) is 11.1. The van der Waals surface area contributed by atoms with Gasteiger partial charge in [-0.15, -0.1) is 0 Å². The van der Waals surface area contributed by atoms with Crippen LogP contribution in [0.15, 0.2) is 24.3 Å². The van der Waals surface area contributed by atoms with Crippen LogP contribution in [0.25, 0.3) is 0 Å². The lowest BCUT2D eigenvalue weighted by atomic mass is 10.0. The Bertz CT molecular complexity index is 346. The molecule has 0 aliphatic carbocycles. The Morgan fingerprint density at radius 2 is 2.06 bits per heavy atom. The molecule has 1 aromatic rings. The molecule has 1 aliphatic heterocycles. The first-order chi connectivity index (χ1) is 8.20. The SMILES string of the molecule is CCc1ccc(C(C)NC2CCOC2C)cc1. The maximum atomic E-state index is 5.58. The van der Waals surface area contributed by atoms with Gasteiger partial charge in [-0.2, -0.15) is 0 Å². The van der Waals surface area contributed by atoms with Crippen molar-refractivity contribution in [3.05, 3.63) is 35.4 Å². The van der Waals surface area contributed by atoms with Gasteiger partial charge in [-0.1, -0.05) is 31.2 Å². The van der Waals surface area contributed by atoms with E-state index < -0.39 is 0 Å². The van der Waals surface area contributed by atoms with Gasteiger partial charge in [-0.3, -0.25) is 0 Å². The van der Waals surface area contributed by atoms with Crippen molar-refractivity contribution in [3.63, 3.8) is 0 Å². The van der Waals surface area contributed by atoms with Crippen LogP contribution in [0.2, 0.25) is 0 Å². The molecule has 3 atom stereocenters. The largest absolute Gasteiger partial charge is 0.377 e. The summed E-state index contributed by atoms with van der Waals surface area (Å²) in [5.74, 6) is 0. The fourth-order valence-corrected chi connectivity index (χ4v) is 2.41. The second-order valence-corrected chi connectivity index (χ2v) is 4.95. The Balaban J connectivity index is 1.96. The van der Waals surface area contributed by atoms with Crippen LogP contribution in [0.3, 0.4) is 0 Å². The third-order valence-electron chi connectivity index (χ3n) is 3.73. The van der Waals surface area contributed by atoms with Crippen LogP contribution < -0.4 is 5.32 Å². The standard InChI is InChI=1S/C15H23NO/c1-4-13-5-7-14(8-6-13)11(2)16-15-9-10-17-12(15)3/h5-8,11-12,15-16H,4,9-10H2,1-3H3. The molecule has 0 bridgehead atoms. The van der Waals surface area contributed by atoms with Crippen LogP contribution in [0, 0.1) is 0 Å². The maximum Gasteiger partial charge on any atom is 0.0700 e. The fourth-order valence-electron chi connectivity index (χ4n) is 2.41. The predicted molar refractivity (Wildman–Crippen MR) is 71.2 cm³/mol. The van der Waals surface area contributed by atoms with Gasteiger partial charge in [0.05, 0.1) is 6.10 Å². The van der Waals surface area contributed by atoms with Gasteiger partial charge in [0, 0.05) is 18.7 Å². The molecule has 2 nitrogen and oxygen atoms in total. The molecular formula is C15H23NO. The minimum atomic E-state index is 0.340. The molecule has 0 saturated carbocycles. The second-order valence-electron chi connectivity index (χ2n) is 4.95. The molecule has 0 spiro atoms. The van der Waals surface area contributed by atoms with E-state index in [1.54, 1.807) is 0 Å². The number of rotatable bonds is 4. The van der Waals surface area contributed by atoms with Crippen LogP contribution in [0.5, 0.6) is 0 Å². The Kier molecular flexibility index (Phi) is 4.19. The first-order valence-electron chi connectivity index (χ1n) is 6.67. The Labute approximate surface area is 104 Å². The molecule has 0 aromatic heterocycles. The van der Waals surface area contributed by atoms with Crippen LogP contribution in [-0.4, -0.2) is 18.8 Å². The summed E-state index contributed by atoms with van der Waals surface area (Å²) in [5.41, 5.74) is 2.76. The van der Waals surface area contributed by atoms with Gasteiger partial charge in [-0.25, -0.2) is 0 Å². The molecule has 1 N–H and O–H groups in total. The molecule has 2 heteroatoms. The van der Waals surface area contributed by atoms with E-state index in [9.17, 15) is 0 Å². The average Bonchev–Trinajstić information content (AvgIpc) is 2.75. The van der Waals surface area contributed by atoms with Crippen molar-refractivity contribution in [2.24, 2.45) is 0 Å². The number of aryl methyl sites for hydroxylation is 1. The summed E-state index contributed by atoms with van der Waals surface area (Å²) in [7, 11) is 0. The molecule has 1 fully saturated rings. The van der Waals surface area contributed by atoms with Crippen LogP contribution in [0.4, 0.5) is 0 Å². The van der Waals surface area contributed by atoms with E-state index >= 15 is 0 Å². The molecule has 0 amide bonds. The highest BCUT2D eigenvalue weighted by molar-refractivity contribution is 5.24. The summed E-state index contributed by atoms with van der Waals surface area (Å²) in [6.07, 6.45) is 2.57. The van der Waals surface area contributed by atoms with Gasteiger partial charge in [0.15, 0.2) is 0 Å². The summed E-state index contributed by atoms with van der Waals surface area (Å²) in [6.45, 7) is 7.46. The van der Waals surface area contributed by atoms with Crippen molar-refractivity contribution >= 4 is 0 Å². The van der Waals surface area contributed by atoms with E-state index in [1.807, 2.05) is 0 Å². The highest BCUT2D eigenvalue weighted by atomic mass is 16.5. The Morgan fingerprint density at radius 1 is 1.35 bits per heavy atom. The zero-order valence-electron chi connectivity index (χ0n) is 11.1. The maximum absolute atomic E-state index is 5.58. The minimum Gasteiger partial charge on any atom is -0.377 e. The van der Waals surface area contributed by atoms with Crippen LogP contribution >= 0.6 is 0 Å². The van der Waals surface area contributed by atoms with Crippen molar-refractivity contribution < 1.29 is 4.74 Å². The number of hydrogen-bond acceptors (Lipinski definition) is 2. The van der Waals surface area contributed by atoms with E-state index in [-0.39, 0.29) is 0 Å². The van der Waals surface area contributed by atoms with Gasteiger partial charge in [0.1, 0.15) is 0 Å². The smallest absolute Gasteiger partial charge is 0.0700 e. The van der Waals surface area contributed by atoms with E-state index in [4.69, 9.17) is 4.74 Å². The lowest BCUT2D eigenvalue weighted by Crippen LogP contribution is -2.36. The van der Waals surface area contributed by atoms with Gasteiger partial charge in [-0.05, 0) is 37.8 Å².